The molecule has 2 heteroatoms. The summed E-state index contributed by atoms with van der Waals surface area (Å²) >= 11 is 2.42. The van der Waals surface area contributed by atoms with Crippen molar-refractivity contribution in [2.24, 2.45) is 0 Å². The Kier molecular flexibility index (Phi) is 4.30. The maximum absolute atomic E-state index is 6.37. The van der Waals surface area contributed by atoms with Crippen LogP contribution < -0.4 is 4.74 Å². The summed E-state index contributed by atoms with van der Waals surface area (Å²) in [5.74, 6) is 2.02. The third-order valence-corrected chi connectivity index (χ3v) is 6.12. The van der Waals surface area contributed by atoms with Crippen molar-refractivity contribution in [1.82, 2.24) is 0 Å². The van der Waals surface area contributed by atoms with E-state index >= 15 is 0 Å². The predicted molar refractivity (Wildman–Crippen MR) is 115 cm³/mol. The molecule has 0 radical (unpaired) electrons. The van der Waals surface area contributed by atoms with Crippen LogP contribution in [0, 0.1) is 3.57 Å². The van der Waals surface area contributed by atoms with Gasteiger partial charge in [0.25, 0.3) is 0 Å². The van der Waals surface area contributed by atoms with Crippen molar-refractivity contribution in [3.8, 4) is 11.5 Å². The monoisotopic (exact) mass is 448 g/mol. The van der Waals surface area contributed by atoms with Crippen molar-refractivity contribution < 1.29 is 4.74 Å². The molecule has 0 amide bonds. The number of ether oxygens (including phenoxy) is 1. The van der Waals surface area contributed by atoms with Crippen molar-refractivity contribution >= 4 is 22.6 Å². The Morgan fingerprint density at radius 2 is 1.36 bits per heavy atom. The Hall–Kier alpha value is -1.03. The first-order valence-corrected chi connectivity index (χ1v) is 10.1. The molecule has 0 atom stereocenters. The summed E-state index contributed by atoms with van der Waals surface area (Å²) in [7, 11) is 0. The lowest BCUT2D eigenvalue weighted by atomic mass is 9.72. The summed E-state index contributed by atoms with van der Waals surface area (Å²) in [6, 6.07) is 11.3. The molecule has 0 bridgehead atoms. The molecule has 2 aromatic carbocycles. The Labute approximate surface area is 166 Å². The molecule has 0 saturated heterocycles. The second-order valence-corrected chi connectivity index (χ2v) is 10.9. The van der Waals surface area contributed by atoms with Gasteiger partial charge in [0.05, 0.1) is 3.57 Å². The van der Waals surface area contributed by atoms with Crippen LogP contribution in [0.4, 0.5) is 0 Å². The lowest BCUT2D eigenvalue weighted by Gasteiger charge is -2.37. The van der Waals surface area contributed by atoms with E-state index in [1.165, 1.54) is 25.8 Å². The van der Waals surface area contributed by atoms with E-state index in [1.807, 2.05) is 0 Å². The van der Waals surface area contributed by atoms with Crippen molar-refractivity contribution in [3.63, 3.8) is 0 Å². The molecule has 1 heterocycles. The van der Waals surface area contributed by atoms with Gasteiger partial charge in [0.15, 0.2) is 0 Å². The molecule has 1 aliphatic rings. The van der Waals surface area contributed by atoms with Gasteiger partial charge in [0.2, 0.25) is 0 Å². The van der Waals surface area contributed by atoms with E-state index < -0.39 is 0 Å². The molecular weight excluding hydrogens is 419 g/mol. The molecule has 0 N–H and O–H groups in total. The molecule has 3 rings (SSSR count). The fourth-order valence-corrected chi connectivity index (χ4v) is 4.16. The van der Waals surface area contributed by atoms with E-state index in [2.05, 4.69) is 108 Å². The van der Waals surface area contributed by atoms with E-state index in [9.17, 15) is 0 Å². The van der Waals surface area contributed by atoms with Gasteiger partial charge in [0, 0.05) is 16.5 Å². The van der Waals surface area contributed by atoms with E-state index in [0.29, 0.717) is 0 Å². The highest BCUT2D eigenvalue weighted by Crippen LogP contribution is 2.51. The first-order chi connectivity index (χ1) is 11.3. The molecule has 0 unspecified atom stereocenters. The van der Waals surface area contributed by atoms with Crippen molar-refractivity contribution in [1.29, 1.82) is 0 Å². The molecule has 0 fully saturated rings. The van der Waals surface area contributed by atoms with Gasteiger partial charge in [-0.25, -0.2) is 0 Å². The standard InChI is InChI=1S/C23H29IO/c1-21(2,3)14-9-10-19-16(11-14)23(7,8)17-12-15(22(4,5)6)13-18(24)20(17)25-19/h9-13H,1-8H3. The average molecular weight is 448 g/mol. The maximum atomic E-state index is 6.37. The molecule has 0 aliphatic carbocycles. The van der Waals surface area contributed by atoms with E-state index in [1.54, 1.807) is 0 Å². The summed E-state index contributed by atoms with van der Waals surface area (Å²) in [6.07, 6.45) is 0. The predicted octanol–water partition coefficient (Wildman–Crippen LogP) is 7.32. The Morgan fingerprint density at radius 3 is 1.92 bits per heavy atom. The van der Waals surface area contributed by atoms with Crippen LogP contribution in [0.25, 0.3) is 0 Å². The molecule has 0 aromatic heterocycles. The minimum absolute atomic E-state index is 0.0780. The van der Waals surface area contributed by atoms with Crippen LogP contribution in [-0.2, 0) is 16.2 Å². The highest BCUT2D eigenvalue weighted by molar-refractivity contribution is 14.1. The van der Waals surface area contributed by atoms with Crippen LogP contribution in [0.15, 0.2) is 30.3 Å². The summed E-state index contributed by atoms with van der Waals surface area (Å²) in [6.45, 7) is 18.2. The van der Waals surface area contributed by atoms with Crippen molar-refractivity contribution in [2.45, 2.75) is 71.6 Å². The molecular formula is C23H29IO. The second-order valence-electron chi connectivity index (χ2n) is 9.77. The fraction of sp³-hybridized carbons (Fsp3) is 0.478. The average Bonchev–Trinajstić information content (AvgIpc) is 2.46. The van der Waals surface area contributed by atoms with Crippen LogP contribution in [0.1, 0.15) is 77.6 Å². The van der Waals surface area contributed by atoms with E-state index in [-0.39, 0.29) is 16.2 Å². The molecule has 0 spiro atoms. The zero-order valence-corrected chi connectivity index (χ0v) is 18.8. The van der Waals surface area contributed by atoms with Crippen LogP contribution in [0.5, 0.6) is 11.5 Å². The van der Waals surface area contributed by atoms with Gasteiger partial charge >= 0.3 is 0 Å². The van der Waals surface area contributed by atoms with Crippen LogP contribution >= 0.6 is 22.6 Å². The first-order valence-electron chi connectivity index (χ1n) is 8.99. The van der Waals surface area contributed by atoms with Gasteiger partial charge in [-0.05, 0) is 56.7 Å². The maximum Gasteiger partial charge on any atom is 0.144 e. The summed E-state index contributed by atoms with van der Waals surface area (Å²) in [5.41, 5.74) is 5.48. The molecule has 1 nitrogen and oxygen atoms in total. The number of hydrogen-bond donors (Lipinski definition) is 0. The van der Waals surface area contributed by atoms with Crippen molar-refractivity contribution in [2.75, 3.05) is 0 Å². The third kappa shape index (κ3) is 3.22. The van der Waals surface area contributed by atoms with E-state index in [0.717, 1.165) is 11.5 Å². The molecule has 2 aromatic rings. The SMILES string of the molecule is CC(C)(C)c1ccc2c(c1)C(C)(C)c1cc(C(C)(C)C)cc(I)c1O2. The van der Waals surface area contributed by atoms with Crippen molar-refractivity contribution in [3.05, 3.63) is 56.2 Å². The van der Waals surface area contributed by atoms with Crippen LogP contribution in [-0.4, -0.2) is 0 Å². The molecule has 134 valence electrons. The molecule has 1 aliphatic heterocycles. The number of fused-ring (bicyclic) bond motifs is 2. The topological polar surface area (TPSA) is 9.23 Å². The van der Waals surface area contributed by atoms with Gasteiger partial charge < -0.3 is 4.74 Å². The van der Waals surface area contributed by atoms with Crippen LogP contribution in [0.2, 0.25) is 0 Å². The summed E-state index contributed by atoms with van der Waals surface area (Å²) < 4.78 is 7.56. The number of benzene rings is 2. The highest BCUT2D eigenvalue weighted by Gasteiger charge is 2.37. The number of halogens is 1. The third-order valence-electron chi connectivity index (χ3n) is 5.31. The summed E-state index contributed by atoms with van der Waals surface area (Å²) in [5, 5.41) is 0. The Balaban J connectivity index is 2.23. The lowest BCUT2D eigenvalue weighted by molar-refractivity contribution is 0.412. The normalized spacial score (nSPS) is 16.0. The second kappa shape index (κ2) is 5.73. The molecule has 0 saturated carbocycles. The minimum Gasteiger partial charge on any atom is -0.456 e. The largest absolute Gasteiger partial charge is 0.456 e. The number of hydrogen-bond acceptors (Lipinski definition) is 1. The highest BCUT2D eigenvalue weighted by atomic mass is 127. The van der Waals surface area contributed by atoms with Gasteiger partial charge in [-0.15, -0.1) is 0 Å². The molecule has 25 heavy (non-hydrogen) atoms. The Bertz CT molecular complexity index is 832. The van der Waals surface area contributed by atoms with Gasteiger partial charge in [-0.1, -0.05) is 73.6 Å². The van der Waals surface area contributed by atoms with E-state index in [4.69, 9.17) is 4.74 Å². The summed E-state index contributed by atoms with van der Waals surface area (Å²) in [4.78, 5) is 0. The zero-order chi connectivity index (χ0) is 18.8. The first kappa shape index (κ1) is 18.8. The smallest absolute Gasteiger partial charge is 0.144 e. The van der Waals surface area contributed by atoms with Gasteiger partial charge in [0.1, 0.15) is 11.5 Å². The zero-order valence-electron chi connectivity index (χ0n) is 16.7. The quantitative estimate of drug-likeness (QED) is 0.384. The lowest BCUT2D eigenvalue weighted by Crippen LogP contribution is -2.27. The number of rotatable bonds is 0. The van der Waals surface area contributed by atoms with Gasteiger partial charge in [-0.2, -0.15) is 0 Å². The van der Waals surface area contributed by atoms with Gasteiger partial charge in [-0.3, -0.25) is 0 Å². The minimum atomic E-state index is -0.0780. The van der Waals surface area contributed by atoms with Crippen LogP contribution in [0.3, 0.4) is 0 Å². The Morgan fingerprint density at radius 1 is 0.800 bits per heavy atom. The fourth-order valence-electron chi connectivity index (χ4n) is 3.42.